The lowest BCUT2D eigenvalue weighted by molar-refractivity contribution is 0.0901. The predicted molar refractivity (Wildman–Crippen MR) is 95.3 cm³/mol. The monoisotopic (exact) mass is 335 g/mol. The Bertz CT molecular complexity index is 838. The molecule has 3 aromatic rings. The fourth-order valence-electron chi connectivity index (χ4n) is 2.67. The smallest absolute Gasteiger partial charge is 0.251 e. The van der Waals surface area contributed by atoms with Gasteiger partial charge in [-0.25, -0.2) is 14.6 Å². The fraction of sp³-hybridized carbons (Fsp3) is 0.263. The van der Waals surface area contributed by atoms with E-state index in [1.807, 2.05) is 30.3 Å². The number of carbonyl (C=O) groups is 1. The number of rotatable bonds is 4. The van der Waals surface area contributed by atoms with E-state index in [4.69, 9.17) is 0 Å². The topological polar surface area (TPSA) is 72.7 Å². The van der Waals surface area contributed by atoms with E-state index in [0.29, 0.717) is 11.4 Å². The van der Waals surface area contributed by atoms with E-state index < -0.39 is 0 Å². The number of hydrogen-bond acceptors (Lipinski definition) is 4. The van der Waals surface area contributed by atoms with E-state index in [0.717, 1.165) is 5.56 Å². The van der Waals surface area contributed by atoms with Crippen LogP contribution in [0.2, 0.25) is 0 Å². The predicted octanol–water partition coefficient (Wildman–Crippen LogP) is 3.18. The van der Waals surface area contributed by atoms with E-state index in [1.165, 1.54) is 11.0 Å². The lowest BCUT2D eigenvalue weighted by atomic mass is 9.82. The third-order valence-corrected chi connectivity index (χ3v) is 3.94. The number of nitrogens with one attached hydrogen (secondary N) is 1. The average molecular weight is 335 g/mol. The summed E-state index contributed by atoms with van der Waals surface area (Å²) in [7, 11) is 0. The molecule has 2 aromatic heterocycles. The number of carbonyl (C=O) groups excluding carboxylic acids is 1. The van der Waals surface area contributed by atoms with E-state index in [-0.39, 0.29) is 17.4 Å². The highest BCUT2D eigenvalue weighted by Crippen LogP contribution is 2.32. The zero-order valence-corrected chi connectivity index (χ0v) is 14.5. The zero-order chi connectivity index (χ0) is 17.9. The fourth-order valence-corrected chi connectivity index (χ4v) is 2.67. The van der Waals surface area contributed by atoms with Crippen LogP contribution in [-0.4, -0.2) is 25.7 Å². The molecule has 0 bridgehead atoms. The molecule has 0 radical (unpaired) electrons. The van der Waals surface area contributed by atoms with E-state index in [9.17, 15) is 4.79 Å². The Morgan fingerprint density at radius 3 is 2.56 bits per heavy atom. The molecule has 6 heteroatoms. The third kappa shape index (κ3) is 3.91. The minimum Gasteiger partial charge on any atom is -0.345 e. The summed E-state index contributed by atoms with van der Waals surface area (Å²) < 4.78 is 1.52. The first kappa shape index (κ1) is 16.8. The molecule has 3 rings (SSSR count). The van der Waals surface area contributed by atoms with Crippen LogP contribution >= 0.6 is 0 Å². The van der Waals surface area contributed by atoms with E-state index >= 15 is 0 Å². The zero-order valence-electron chi connectivity index (χ0n) is 14.5. The first-order valence-corrected chi connectivity index (χ1v) is 8.12. The molecule has 0 saturated heterocycles. The molecule has 0 spiro atoms. The maximum Gasteiger partial charge on any atom is 0.251 e. The number of pyridine rings is 1. The Balaban J connectivity index is 1.86. The molecule has 6 nitrogen and oxygen atoms in total. The lowest BCUT2D eigenvalue weighted by Crippen LogP contribution is -2.36. The Hall–Kier alpha value is -3.02. The van der Waals surface area contributed by atoms with Crippen LogP contribution in [0.15, 0.2) is 61.3 Å². The van der Waals surface area contributed by atoms with E-state index in [1.54, 1.807) is 24.7 Å². The van der Waals surface area contributed by atoms with Gasteiger partial charge in [0.05, 0.1) is 6.04 Å². The van der Waals surface area contributed by atoms with Crippen LogP contribution < -0.4 is 5.32 Å². The molecule has 0 saturated carbocycles. The second kappa shape index (κ2) is 6.84. The van der Waals surface area contributed by atoms with Crippen molar-refractivity contribution >= 4 is 5.91 Å². The Kier molecular flexibility index (Phi) is 4.61. The molecule has 128 valence electrons. The van der Waals surface area contributed by atoms with Crippen LogP contribution in [0.25, 0.3) is 5.82 Å². The molecule has 0 fully saturated rings. The van der Waals surface area contributed by atoms with Gasteiger partial charge < -0.3 is 5.32 Å². The average Bonchev–Trinajstić information content (AvgIpc) is 3.14. The van der Waals surface area contributed by atoms with Crippen molar-refractivity contribution in [2.45, 2.75) is 26.8 Å². The molecule has 25 heavy (non-hydrogen) atoms. The largest absolute Gasteiger partial charge is 0.345 e. The summed E-state index contributed by atoms with van der Waals surface area (Å²) >= 11 is 0. The van der Waals surface area contributed by atoms with Gasteiger partial charge in [-0.2, -0.15) is 5.10 Å². The van der Waals surface area contributed by atoms with Gasteiger partial charge in [0.25, 0.3) is 5.91 Å². The summed E-state index contributed by atoms with van der Waals surface area (Å²) in [6.07, 6.45) is 4.58. The second-order valence-corrected chi connectivity index (χ2v) is 6.93. The molecule has 1 unspecified atom stereocenters. The Labute approximate surface area is 146 Å². The lowest BCUT2D eigenvalue weighted by Gasteiger charge is -2.32. The molecule has 1 atom stereocenters. The van der Waals surface area contributed by atoms with Crippen molar-refractivity contribution < 1.29 is 4.79 Å². The summed E-state index contributed by atoms with van der Waals surface area (Å²) in [5, 5.41) is 7.20. The number of aromatic nitrogens is 4. The quantitative estimate of drug-likeness (QED) is 0.795. The Morgan fingerprint density at radius 2 is 1.92 bits per heavy atom. The van der Waals surface area contributed by atoms with Crippen LogP contribution in [0.1, 0.15) is 42.7 Å². The van der Waals surface area contributed by atoms with Crippen molar-refractivity contribution in [2.75, 3.05) is 0 Å². The molecular weight excluding hydrogens is 314 g/mol. The van der Waals surface area contributed by atoms with Gasteiger partial charge in [-0.1, -0.05) is 51.1 Å². The third-order valence-electron chi connectivity index (χ3n) is 3.94. The van der Waals surface area contributed by atoms with Crippen LogP contribution in [-0.2, 0) is 0 Å². The maximum absolute atomic E-state index is 12.8. The summed E-state index contributed by atoms with van der Waals surface area (Å²) in [5.41, 5.74) is 1.48. The molecule has 1 amide bonds. The normalized spacial score (nSPS) is 12.6. The van der Waals surface area contributed by atoms with Gasteiger partial charge in [0.1, 0.15) is 12.7 Å². The molecule has 2 heterocycles. The molecule has 1 N–H and O–H groups in total. The van der Waals surface area contributed by atoms with Gasteiger partial charge in [-0.05, 0) is 23.1 Å². The van der Waals surface area contributed by atoms with Gasteiger partial charge in [-0.3, -0.25) is 4.79 Å². The number of amides is 1. The van der Waals surface area contributed by atoms with Crippen molar-refractivity contribution in [3.05, 3.63) is 72.4 Å². The highest BCUT2D eigenvalue weighted by atomic mass is 16.1. The SMILES string of the molecule is CC(C)(C)C(NC(=O)c1ccnc(-n2cncn2)c1)c1ccccc1. The van der Waals surface area contributed by atoms with Gasteiger partial charge in [-0.15, -0.1) is 0 Å². The van der Waals surface area contributed by atoms with Crippen LogP contribution in [0.4, 0.5) is 0 Å². The summed E-state index contributed by atoms with van der Waals surface area (Å²) in [4.78, 5) is 20.9. The van der Waals surface area contributed by atoms with Crippen LogP contribution in [0.5, 0.6) is 0 Å². The molecule has 1 aromatic carbocycles. The maximum atomic E-state index is 12.8. The first-order valence-electron chi connectivity index (χ1n) is 8.12. The minimum absolute atomic E-state index is 0.107. The van der Waals surface area contributed by atoms with Crippen molar-refractivity contribution in [2.24, 2.45) is 5.41 Å². The molecule has 0 aliphatic carbocycles. The second-order valence-electron chi connectivity index (χ2n) is 6.93. The highest BCUT2D eigenvalue weighted by Gasteiger charge is 2.28. The number of benzene rings is 1. The first-order chi connectivity index (χ1) is 11.9. The van der Waals surface area contributed by atoms with Crippen molar-refractivity contribution in [1.82, 2.24) is 25.1 Å². The van der Waals surface area contributed by atoms with Gasteiger partial charge in [0, 0.05) is 11.8 Å². The minimum atomic E-state index is -0.146. The molecular formula is C19H21N5O. The van der Waals surface area contributed by atoms with Crippen molar-refractivity contribution in [3.8, 4) is 5.82 Å². The van der Waals surface area contributed by atoms with Crippen LogP contribution in [0.3, 0.4) is 0 Å². The van der Waals surface area contributed by atoms with Crippen molar-refractivity contribution in [3.63, 3.8) is 0 Å². The number of nitrogens with zero attached hydrogens (tertiary/aromatic N) is 4. The Morgan fingerprint density at radius 1 is 1.16 bits per heavy atom. The standard InChI is InChI=1S/C19H21N5O/c1-19(2,3)17(14-7-5-4-6-8-14)23-18(25)15-9-10-21-16(11-15)24-13-20-12-22-24/h4-13,17H,1-3H3,(H,23,25). The van der Waals surface area contributed by atoms with Crippen LogP contribution in [0, 0.1) is 5.41 Å². The highest BCUT2D eigenvalue weighted by molar-refractivity contribution is 5.94. The van der Waals surface area contributed by atoms with Gasteiger partial charge in [0.2, 0.25) is 0 Å². The van der Waals surface area contributed by atoms with Crippen molar-refractivity contribution in [1.29, 1.82) is 0 Å². The summed E-state index contributed by atoms with van der Waals surface area (Å²) in [5.74, 6) is 0.407. The van der Waals surface area contributed by atoms with Gasteiger partial charge >= 0.3 is 0 Å². The molecule has 0 aliphatic rings. The van der Waals surface area contributed by atoms with Gasteiger partial charge in [0.15, 0.2) is 5.82 Å². The number of hydrogen-bond donors (Lipinski definition) is 1. The molecule has 0 aliphatic heterocycles. The van der Waals surface area contributed by atoms with E-state index in [2.05, 4.69) is 41.2 Å². The summed E-state index contributed by atoms with van der Waals surface area (Å²) in [6, 6.07) is 13.3. The summed E-state index contributed by atoms with van der Waals surface area (Å²) in [6.45, 7) is 6.33.